The SMILES string of the molecule is CC(C)(CNCC(C)(C)N1CCOCC1)CN1CCOCC1. The van der Waals surface area contributed by atoms with E-state index in [0.29, 0.717) is 5.41 Å². The summed E-state index contributed by atoms with van der Waals surface area (Å²) in [6.45, 7) is 20.3. The van der Waals surface area contributed by atoms with Crippen LogP contribution in [0, 0.1) is 5.41 Å². The van der Waals surface area contributed by atoms with Gasteiger partial charge < -0.3 is 14.8 Å². The highest BCUT2D eigenvalue weighted by molar-refractivity contribution is 4.87. The summed E-state index contributed by atoms with van der Waals surface area (Å²) in [7, 11) is 0. The van der Waals surface area contributed by atoms with Crippen LogP contribution in [0.5, 0.6) is 0 Å². The van der Waals surface area contributed by atoms with Crippen molar-refractivity contribution in [3.63, 3.8) is 0 Å². The van der Waals surface area contributed by atoms with Crippen LogP contribution in [0.25, 0.3) is 0 Å². The summed E-state index contributed by atoms with van der Waals surface area (Å²) in [6, 6.07) is 0. The van der Waals surface area contributed by atoms with Crippen molar-refractivity contribution in [2.24, 2.45) is 5.41 Å². The predicted molar refractivity (Wildman–Crippen MR) is 90.4 cm³/mol. The molecule has 130 valence electrons. The van der Waals surface area contributed by atoms with Crippen LogP contribution in [0.15, 0.2) is 0 Å². The first kappa shape index (κ1) is 18.1. The van der Waals surface area contributed by atoms with Gasteiger partial charge in [-0.1, -0.05) is 13.8 Å². The summed E-state index contributed by atoms with van der Waals surface area (Å²) < 4.78 is 10.9. The van der Waals surface area contributed by atoms with Gasteiger partial charge in [-0.25, -0.2) is 0 Å². The number of rotatable bonds is 7. The zero-order valence-electron chi connectivity index (χ0n) is 15.0. The zero-order valence-corrected chi connectivity index (χ0v) is 15.0. The maximum Gasteiger partial charge on any atom is 0.0594 e. The van der Waals surface area contributed by atoms with Gasteiger partial charge in [0.25, 0.3) is 0 Å². The summed E-state index contributed by atoms with van der Waals surface area (Å²) in [5.41, 5.74) is 0.483. The third kappa shape index (κ3) is 5.78. The molecule has 5 heteroatoms. The van der Waals surface area contributed by atoms with Crippen LogP contribution < -0.4 is 5.32 Å². The molecule has 0 amide bonds. The molecule has 0 radical (unpaired) electrons. The molecule has 2 saturated heterocycles. The quantitative estimate of drug-likeness (QED) is 0.760. The Balaban J connectivity index is 1.71. The standard InChI is InChI=1S/C17H35N3O2/c1-16(2,15-19-5-9-21-10-6-19)13-18-14-17(3,4)20-7-11-22-12-8-20/h18H,5-15H2,1-4H3. The van der Waals surface area contributed by atoms with Crippen LogP contribution in [0.4, 0.5) is 0 Å². The Morgan fingerprint density at radius 1 is 0.818 bits per heavy atom. The largest absolute Gasteiger partial charge is 0.379 e. The Morgan fingerprint density at radius 2 is 1.36 bits per heavy atom. The van der Waals surface area contributed by atoms with Crippen molar-refractivity contribution >= 4 is 0 Å². The monoisotopic (exact) mass is 313 g/mol. The molecule has 2 aliphatic heterocycles. The third-order valence-electron chi connectivity index (χ3n) is 4.78. The van der Waals surface area contributed by atoms with Crippen LogP contribution in [0.1, 0.15) is 27.7 Å². The second-order valence-corrected chi connectivity index (χ2v) is 8.07. The van der Waals surface area contributed by atoms with Gasteiger partial charge in [-0.05, 0) is 19.3 Å². The lowest BCUT2D eigenvalue weighted by molar-refractivity contribution is -0.0109. The molecule has 0 aliphatic carbocycles. The van der Waals surface area contributed by atoms with E-state index in [1.807, 2.05) is 0 Å². The Hall–Kier alpha value is -0.200. The number of nitrogens with one attached hydrogen (secondary N) is 1. The molecule has 0 atom stereocenters. The molecule has 5 nitrogen and oxygen atoms in total. The van der Waals surface area contributed by atoms with Crippen LogP contribution in [0.2, 0.25) is 0 Å². The van der Waals surface area contributed by atoms with Crippen molar-refractivity contribution in [1.29, 1.82) is 0 Å². The van der Waals surface area contributed by atoms with Gasteiger partial charge in [-0.3, -0.25) is 9.80 Å². The average Bonchev–Trinajstić information content (AvgIpc) is 2.48. The molecule has 2 rings (SSSR count). The molecular formula is C17H35N3O2. The van der Waals surface area contributed by atoms with Gasteiger partial charge in [-0.15, -0.1) is 0 Å². The molecule has 0 aromatic carbocycles. The Morgan fingerprint density at radius 3 is 1.95 bits per heavy atom. The second-order valence-electron chi connectivity index (χ2n) is 8.07. The highest BCUT2D eigenvalue weighted by atomic mass is 16.5. The lowest BCUT2D eigenvalue weighted by atomic mass is 9.91. The normalized spacial score (nSPS) is 22.9. The van der Waals surface area contributed by atoms with Crippen molar-refractivity contribution < 1.29 is 9.47 Å². The van der Waals surface area contributed by atoms with E-state index in [4.69, 9.17) is 9.47 Å². The lowest BCUT2D eigenvalue weighted by Crippen LogP contribution is -2.55. The molecule has 0 unspecified atom stereocenters. The number of ether oxygens (including phenoxy) is 2. The van der Waals surface area contributed by atoms with Crippen LogP contribution in [-0.4, -0.2) is 87.6 Å². The maximum absolute atomic E-state index is 5.46. The van der Waals surface area contributed by atoms with E-state index in [1.165, 1.54) is 0 Å². The van der Waals surface area contributed by atoms with E-state index in [1.54, 1.807) is 0 Å². The van der Waals surface area contributed by atoms with Gasteiger partial charge in [0.2, 0.25) is 0 Å². The highest BCUT2D eigenvalue weighted by Gasteiger charge is 2.29. The second kappa shape index (κ2) is 8.06. The van der Waals surface area contributed by atoms with E-state index < -0.39 is 0 Å². The van der Waals surface area contributed by atoms with E-state index in [0.717, 1.165) is 72.2 Å². The molecular weight excluding hydrogens is 278 g/mol. The first-order valence-corrected chi connectivity index (χ1v) is 8.73. The van der Waals surface area contributed by atoms with Gasteiger partial charge in [0.05, 0.1) is 26.4 Å². The van der Waals surface area contributed by atoms with Crippen molar-refractivity contribution in [2.45, 2.75) is 33.2 Å². The minimum Gasteiger partial charge on any atom is -0.379 e. The minimum atomic E-state index is 0.193. The van der Waals surface area contributed by atoms with Crippen molar-refractivity contribution in [1.82, 2.24) is 15.1 Å². The van der Waals surface area contributed by atoms with Gasteiger partial charge in [0.15, 0.2) is 0 Å². The number of hydrogen-bond acceptors (Lipinski definition) is 5. The summed E-state index contributed by atoms with van der Waals surface area (Å²) in [4.78, 5) is 5.07. The topological polar surface area (TPSA) is 37.0 Å². The van der Waals surface area contributed by atoms with Crippen LogP contribution in [-0.2, 0) is 9.47 Å². The Labute approximate surface area is 136 Å². The van der Waals surface area contributed by atoms with E-state index in [2.05, 4.69) is 42.8 Å². The van der Waals surface area contributed by atoms with E-state index in [9.17, 15) is 0 Å². The number of morpholine rings is 2. The van der Waals surface area contributed by atoms with E-state index >= 15 is 0 Å². The fraction of sp³-hybridized carbons (Fsp3) is 1.00. The summed E-state index contributed by atoms with van der Waals surface area (Å²) in [6.07, 6.45) is 0. The fourth-order valence-corrected chi connectivity index (χ4v) is 3.41. The molecule has 0 spiro atoms. The number of nitrogens with zero attached hydrogens (tertiary/aromatic N) is 2. The molecule has 2 fully saturated rings. The smallest absolute Gasteiger partial charge is 0.0594 e. The maximum atomic E-state index is 5.46. The summed E-state index contributed by atoms with van der Waals surface area (Å²) in [5, 5.41) is 3.71. The molecule has 22 heavy (non-hydrogen) atoms. The van der Waals surface area contributed by atoms with Crippen molar-refractivity contribution in [3.8, 4) is 0 Å². The Kier molecular flexibility index (Phi) is 6.65. The lowest BCUT2D eigenvalue weighted by Gasteiger charge is -2.42. The molecule has 1 N–H and O–H groups in total. The van der Waals surface area contributed by atoms with Crippen molar-refractivity contribution in [2.75, 3.05) is 72.2 Å². The van der Waals surface area contributed by atoms with Gasteiger partial charge in [0.1, 0.15) is 0 Å². The van der Waals surface area contributed by atoms with Gasteiger partial charge in [0, 0.05) is 51.4 Å². The molecule has 2 heterocycles. The molecule has 0 aromatic rings. The summed E-state index contributed by atoms with van der Waals surface area (Å²) >= 11 is 0. The van der Waals surface area contributed by atoms with Crippen LogP contribution >= 0.6 is 0 Å². The Bertz CT molecular complexity index is 322. The van der Waals surface area contributed by atoms with Crippen LogP contribution in [0.3, 0.4) is 0 Å². The zero-order chi connectivity index (χ0) is 16.1. The predicted octanol–water partition coefficient (Wildman–Crippen LogP) is 1.05. The summed E-state index contributed by atoms with van der Waals surface area (Å²) in [5.74, 6) is 0. The first-order chi connectivity index (χ1) is 10.4. The van der Waals surface area contributed by atoms with Gasteiger partial charge in [-0.2, -0.15) is 0 Å². The van der Waals surface area contributed by atoms with Crippen molar-refractivity contribution in [3.05, 3.63) is 0 Å². The number of hydrogen-bond donors (Lipinski definition) is 1. The average molecular weight is 313 g/mol. The molecule has 2 aliphatic rings. The third-order valence-corrected chi connectivity index (χ3v) is 4.78. The fourth-order valence-electron chi connectivity index (χ4n) is 3.41. The van der Waals surface area contributed by atoms with E-state index in [-0.39, 0.29) is 5.54 Å². The first-order valence-electron chi connectivity index (χ1n) is 8.73. The van der Waals surface area contributed by atoms with Gasteiger partial charge >= 0.3 is 0 Å². The highest BCUT2D eigenvalue weighted by Crippen LogP contribution is 2.19. The molecule has 0 saturated carbocycles. The minimum absolute atomic E-state index is 0.193. The molecule has 0 bridgehead atoms. The molecule has 0 aromatic heterocycles.